The number of ether oxygens (including phenoxy) is 2. The van der Waals surface area contributed by atoms with Crippen molar-refractivity contribution in [3.05, 3.63) is 44.8 Å². The molecule has 2 rings (SSSR count). The number of carbonyl (C=O) groups is 1. The first-order valence-corrected chi connectivity index (χ1v) is 12.0. The molecule has 1 aromatic heterocycles. The van der Waals surface area contributed by atoms with Crippen molar-refractivity contribution in [1.29, 1.82) is 0 Å². The van der Waals surface area contributed by atoms with E-state index in [1.54, 1.807) is 19.1 Å². The monoisotopic (exact) mass is 484 g/mol. The van der Waals surface area contributed by atoms with Gasteiger partial charge >= 0.3 is 11.7 Å². The molecule has 0 bridgehead atoms. The molecule has 0 amide bonds. The Morgan fingerprint density at radius 3 is 2.37 bits per heavy atom. The lowest BCUT2D eigenvalue weighted by Gasteiger charge is -2.16. The number of aromatic amines is 1. The minimum atomic E-state index is -0.615. The molecule has 0 saturated carbocycles. The predicted molar refractivity (Wildman–Crippen MR) is 120 cm³/mol. The third-order valence-corrected chi connectivity index (χ3v) is 5.71. The minimum Gasteiger partial charge on any atom is -0.463 e. The van der Waals surface area contributed by atoms with Crippen LogP contribution in [0.15, 0.2) is 27.9 Å². The standard InChI is InChI=1S/C22H33BrN2O5/c1-17-15-25(22(28)24-21(17)27)19-13-12-18(30-19)16-29-20(26)11-9-7-5-3-2-4-6-8-10-14-23/h12-13,15,18-19H,2-11,14,16H2,1H3,(H,24,27,28)/t18-,19+/m0/s1. The Bertz CT molecular complexity index is 801. The van der Waals surface area contributed by atoms with E-state index in [9.17, 15) is 14.4 Å². The van der Waals surface area contributed by atoms with Gasteiger partial charge in [0, 0.05) is 23.5 Å². The lowest BCUT2D eigenvalue weighted by molar-refractivity contribution is -0.147. The zero-order valence-corrected chi connectivity index (χ0v) is 19.3. The van der Waals surface area contributed by atoms with Crippen LogP contribution in [0.5, 0.6) is 0 Å². The van der Waals surface area contributed by atoms with Crippen LogP contribution in [0.4, 0.5) is 0 Å². The molecule has 2 atom stereocenters. The Labute approximate surface area is 186 Å². The van der Waals surface area contributed by atoms with Crippen LogP contribution in [0.25, 0.3) is 0 Å². The van der Waals surface area contributed by atoms with Gasteiger partial charge in [-0.2, -0.15) is 0 Å². The molecule has 168 valence electrons. The maximum Gasteiger partial charge on any atom is 0.330 e. The second-order valence-electron chi connectivity index (χ2n) is 7.73. The average molecular weight is 485 g/mol. The van der Waals surface area contributed by atoms with Crippen LogP contribution in [0.3, 0.4) is 0 Å². The van der Waals surface area contributed by atoms with E-state index < -0.39 is 23.6 Å². The largest absolute Gasteiger partial charge is 0.463 e. The summed E-state index contributed by atoms with van der Waals surface area (Å²) in [4.78, 5) is 37.6. The maximum atomic E-state index is 11.9. The number of esters is 1. The van der Waals surface area contributed by atoms with E-state index in [1.165, 1.54) is 49.3 Å². The molecule has 0 unspecified atom stereocenters. The molecular weight excluding hydrogens is 452 g/mol. The highest BCUT2D eigenvalue weighted by molar-refractivity contribution is 9.09. The third-order valence-electron chi connectivity index (χ3n) is 5.15. The van der Waals surface area contributed by atoms with Crippen molar-refractivity contribution in [1.82, 2.24) is 9.55 Å². The van der Waals surface area contributed by atoms with Gasteiger partial charge in [0.15, 0.2) is 6.23 Å². The Hall–Kier alpha value is -1.67. The van der Waals surface area contributed by atoms with Gasteiger partial charge in [-0.25, -0.2) is 4.79 Å². The Balaban J connectivity index is 1.55. The number of unbranched alkanes of at least 4 members (excludes halogenated alkanes) is 8. The summed E-state index contributed by atoms with van der Waals surface area (Å²) in [5.74, 6) is -0.220. The highest BCUT2D eigenvalue weighted by Gasteiger charge is 2.23. The van der Waals surface area contributed by atoms with Crippen LogP contribution in [0, 0.1) is 6.92 Å². The van der Waals surface area contributed by atoms with E-state index in [0.717, 1.165) is 24.6 Å². The van der Waals surface area contributed by atoms with Crippen molar-refractivity contribution in [2.75, 3.05) is 11.9 Å². The number of hydrogen-bond donors (Lipinski definition) is 1. The fraction of sp³-hybridized carbons (Fsp3) is 0.682. The van der Waals surface area contributed by atoms with Crippen molar-refractivity contribution >= 4 is 21.9 Å². The van der Waals surface area contributed by atoms with Crippen LogP contribution < -0.4 is 11.2 Å². The summed E-state index contributed by atoms with van der Waals surface area (Å²) in [6, 6.07) is 0. The summed E-state index contributed by atoms with van der Waals surface area (Å²) in [5.41, 5.74) is -0.512. The van der Waals surface area contributed by atoms with E-state index in [0.29, 0.717) is 12.0 Å². The van der Waals surface area contributed by atoms with E-state index in [-0.39, 0.29) is 12.6 Å². The summed E-state index contributed by atoms with van der Waals surface area (Å²) in [6.45, 7) is 1.75. The van der Waals surface area contributed by atoms with Gasteiger partial charge in [0.25, 0.3) is 5.56 Å². The van der Waals surface area contributed by atoms with Crippen molar-refractivity contribution in [3.63, 3.8) is 0 Å². The van der Waals surface area contributed by atoms with Gasteiger partial charge in [-0.15, -0.1) is 0 Å². The second kappa shape index (κ2) is 13.6. The number of alkyl halides is 1. The van der Waals surface area contributed by atoms with E-state index in [2.05, 4.69) is 20.9 Å². The van der Waals surface area contributed by atoms with Gasteiger partial charge in [0.05, 0.1) is 0 Å². The molecule has 0 saturated heterocycles. The number of nitrogens with one attached hydrogen (secondary N) is 1. The average Bonchev–Trinajstić information content (AvgIpc) is 3.19. The molecule has 30 heavy (non-hydrogen) atoms. The van der Waals surface area contributed by atoms with E-state index in [4.69, 9.17) is 9.47 Å². The summed E-state index contributed by atoms with van der Waals surface area (Å²) in [6.07, 6.45) is 15.1. The molecule has 0 fully saturated rings. The molecule has 1 aliphatic rings. The van der Waals surface area contributed by atoms with Crippen LogP contribution in [-0.4, -0.2) is 33.6 Å². The molecule has 1 N–H and O–H groups in total. The normalized spacial score (nSPS) is 18.1. The molecule has 1 aliphatic heterocycles. The maximum absolute atomic E-state index is 11.9. The molecular formula is C22H33BrN2O5. The number of rotatable bonds is 14. The lowest BCUT2D eigenvalue weighted by Crippen LogP contribution is -2.33. The molecule has 0 aliphatic carbocycles. The third kappa shape index (κ3) is 8.60. The number of carbonyl (C=O) groups excluding carboxylic acids is 1. The fourth-order valence-electron chi connectivity index (χ4n) is 3.37. The Kier molecular flexibility index (Phi) is 11.1. The number of nitrogens with zero attached hydrogens (tertiary/aromatic N) is 1. The van der Waals surface area contributed by atoms with Gasteiger partial charge in [-0.1, -0.05) is 67.0 Å². The molecule has 2 heterocycles. The SMILES string of the molecule is Cc1cn([C@H]2C=C[C@@H](COC(=O)CCCCCCCCCCCBr)O2)c(=O)[nH]c1=O. The highest BCUT2D eigenvalue weighted by Crippen LogP contribution is 2.20. The van der Waals surface area contributed by atoms with Crippen molar-refractivity contribution < 1.29 is 14.3 Å². The zero-order chi connectivity index (χ0) is 21.8. The van der Waals surface area contributed by atoms with Gasteiger partial charge < -0.3 is 9.47 Å². The van der Waals surface area contributed by atoms with Gasteiger partial charge in [-0.05, 0) is 25.8 Å². The predicted octanol–water partition coefficient (Wildman–Crippen LogP) is 4.14. The molecule has 1 aromatic rings. The first kappa shape index (κ1) is 24.6. The number of H-pyrrole nitrogens is 1. The van der Waals surface area contributed by atoms with Gasteiger partial charge in [-0.3, -0.25) is 19.1 Å². The van der Waals surface area contributed by atoms with E-state index in [1.807, 2.05) is 0 Å². The van der Waals surface area contributed by atoms with Crippen molar-refractivity contribution in [2.24, 2.45) is 0 Å². The Morgan fingerprint density at radius 2 is 1.70 bits per heavy atom. The van der Waals surface area contributed by atoms with Crippen molar-refractivity contribution in [3.8, 4) is 0 Å². The quantitative estimate of drug-likeness (QED) is 0.185. The van der Waals surface area contributed by atoms with Gasteiger partial charge in [0.2, 0.25) is 0 Å². The first-order chi connectivity index (χ1) is 14.5. The van der Waals surface area contributed by atoms with Crippen LogP contribution >= 0.6 is 15.9 Å². The number of halogens is 1. The molecule has 8 heteroatoms. The first-order valence-electron chi connectivity index (χ1n) is 10.9. The second-order valence-corrected chi connectivity index (χ2v) is 8.53. The van der Waals surface area contributed by atoms with Crippen LogP contribution in [0.1, 0.15) is 76.0 Å². The molecule has 0 radical (unpaired) electrons. The lowest BCUT2D eigenvalue weighted by atomic mass is 10.1. The summed E-state index contributed by atoms with van der Waals surface area (Å²) in [7, 11) is 0. The summed E-state index contributed by atoms with van der Waals surface area (Å²) in [5, 5.41) is 1.10. The summed E-state index contributed by atoms with van der Waals surface area (Å²) < 4.78 is 12.3. The fourth-order valence-corrected chi connectivity index (χ4v) is 3.76. The highest BCUT2D eigenvalue weighted by atomic mass is 79.9. The van der Waals surface area contributed by atoms with E-state index >= 15 is 0 Å². The minimum absolute atomic E-state index is 0.122. The van der Waals surface area contributed by atoms with Crippen LogP contribution in [0.2, 0.25) is 0 Å². The summed E-state index contributed by atoms with van der Waals surface area (Å²) >= 11 is 3.45. The molecule has 0 spiro atoms. The number of aromatic nitrogens is 2. The Morgan fingerprint density at radius 1 is 1.07 bits per heavy atom. The molecule has 7 nitrogen and oxygen atoms in total. The molecule has 0 aromatic carbocycles. The van der Waals surface area contributed by atoms with Crippen molar-refractivity contribution in [2.45, 2.75) is 83.5 Å². The zero-order valence-electron chi connectivity index (χ0n) is 17.7. The van der Waals surface area contributed by atoms with Gasteiger partial charge in [0.1, 0.15) is 12.7 Å². The van der Waals surface area contributed by atoms with Crippen LogP contribution in [-0.2, 0) is 14.3 Å². The smallest absolute Gasteiger partial charge is 0.330 e. The topological polar surface area (TPSA) is 90.4 Å². The number of hydrogen-bond acceptors (Lipinski definition) is 5. The number of aryl methyl sites for hydroxylation is 1.